The van der Waals surface area contributed by atoms with E-state index in [1.54, 1.807) is 0 Å². The molecule has 0 bridgehead atoms. The summed E-state index contributed by atoms with van der Waals surface area (Å²) in [5.74, 6) is 0. The van der Waals surface area contributed by atoms with Crippen molar-refractivity contribution in [1.82, 2.24) is 5.73 Å². The van der Waals surface area contributed by atoms with E-state index in [0.29, 0.717) is 0 Å². The van der Waals surface area contributed by atoms with Gasteiger partial charge in [0, 0.05) is 0 Å². The van der Waals surface area contributed by atoms with Crippen LogP contribution >= 0.6 is 15.2 Å². The molecule has 0 aromatic heterocycles. The van der Waals surface area contributed by atoms with E-state index in [0.717, 1.165) is 0 Å². The zero-order valence-corrected chi connectivity index (χ0v) is 6.31. The predicted octanol–water partition coefficient (Wildman–Crippen LogP) is -1.31. The summed E-state index contributed by atoms with van der Waals surface area (Å²) in [5, 5.41) is 0. The van der Waals surface area contributed by atoms with Crippen LogP contribution < -0.4 is 5.73 Å². The van der Waals surface area contributed by atoms with E-state index in [-0.39, 0.29) is 0 Å². The third-order valence-electron chi connectivity index (χ3n) is 0.602. The largest absolute Gasteiger partial charge is 0.358 e. The summed E-state index contributed by atoms with van der Waals surface area (Å²) in [7, 11) is -10.2. The molecule has 0 aliphatic heterocycles. The van der Waals surface area contributed by atoms with Gasteiger partial charge in [-0.15, -0.1) is 5.73 Å². The molecular weight excluding hydrogens is 184 g/mol. The fraction of sp³-hybridized carbons (Fsp3) is 1.00. The highest BCUT2D eigenvalue weighted by Crippen LogP contribution is 2.57. The number of hydrogen-bond donors (Lipinski definition) is 4. The van der Waals surface area contributed by atoms with Crippen molar-refractivity contribution in [2.45, 2.75) is 5.52 Å². The smallest absolute Gasteiger partial charge is 0.323 e. The van der Waals surface area contributed by atoms with E-state index < -0.39 is 20.7 Å². The maximum absolute atomic E-state index is 9.93. The predicted molar refractivity (Wildman–Crippen MR) is 30.0 cm³/mol. The van der Waals surface area contributed by atoms with Gasteiger partial charge in [0.05, 0.1) is 0 Å². The fourth-order valence-electron chi connectivity index (χ4n) is 0.196. The lowest BCUT2D eigenvalue weighted by molar-refractivity contribution is 0.338. The van der Waals surface area contributed by atoms with E-state index in [4.69, 9.17) is 25.3 Å². The highest BCUT2D eigenvalue weighted by Gasteiger charge is 2.41. The molecule has 60 valence electrons. The van der Waals surface area contributed by atoms with Crippen LogP contribution in [0.25, 0.3) is 0 Å². The van der Waals surface area contributed by atoms with Gasteiger partial charge in [-0.25, -0.2) is 0 Å². The van der Waals surface area contributed by atoms with Crippen LogP contribution in [0, 0.1) is 0 Å². The van der Waals surface area contributed by atoms with Crippen molar-refractivity contribution in [2.75, 3.05) is 0 Å². The van der Waals surface area contributed by atoms with Crippen molar-refractivity contribution in [3.63, 3.8) is 0 Å². The normalized spacial score (nSPS) is 14.2. The van der Waals surface area contributed by atoms with E-state index >= 15 is 0 Å². The Morgan fingerprint density at radius 2 is 1.20 bits per heavy atom. The molecule has 0 aliphatic carbocycles. The highest BCUT2D eigenvalue weighted by molar-refractivity contribution is 7.70. The van der Waals surface area contributed by atoms with Crippen LogP contribution in [0.15, 0.2) is 0 Å². The second kappa shape index (κ2) is 2.71. The summed E-state index contributed by atoms with van der Waals surface area (Å²) in [5.41, 5.74) is 5.29. The summed E-state index contributed by atoms with van der Waals surface area (Å²) in [6.07, 6.45) is 0. The third-order valence-corrected chi connectivity index (χ3v) is 3.61. The molecular formula is CH5NO6P2. The Kier molecular flexibility index (Phi) is 2.78. The summed E-state index contributed by atoms with van der Waals surface area (Å²) in [6, 6.07) is 0. The van der Waals surface area contributed by atoms with E-state index in [1.165, 1.54) is 0 Å². The lowest BCUT2D eigenvalue weighted by Crippen LogP contribution is -2.09. The van der Waals surface area contributed by atoms with Crippen LogP contribution in [0.3, 0.4) is 0 Å². The van der Waals surface area contributed by atoms with Crippen molar-refractivity contribution in [1.29, 1.82) is 0 Å². The van der Waals surface area contributed by atoms with Gasteiger partial charge in [-0.05, 0) is 0 Å². The molecule has 0 atom stereocenters. The van der Waals surface area contributed by atoms with E-state index in [1.807, 2.05) is 0 Å². The molecule has 0 aliphatic rings. The standard InChI is InChI=1S/CH5NO6P2/c2-1(9(3,4)5)10(6,7)8/h1H,(H2,3,4,5)(H2,6,7,8). The molecule has 0 unspecified atom stereocenters. The summed E-state index contributed by atoms with van der Waals surface area (Å²) in [6.45, 7) is 0. The molecule has 0 saturated carbocycles. The Hall–Kier alpha value is 0.260. The van der Waals surface area contributed by atoms with Gasteiger partial charge in [0.15, 0.2) is 0 Å². The SMILES string of the molecule is [N]C(P(=O)(O)O)P(=O)(O)O. The quantitative estimate of drug-likeness (QED) is 0.398. The van der Waals surface area contributed by atoms with Crippen molar-refractivity contribution in [2.24, 2.45) is 0 Å². The van der Waals surface area contributed by atoms with Gasteiger partial charge in [0.25, 0.3) is 0 Å². The van der Waals surface area contributed by atoms with Crippen LogP contribution in [-0.2, 0) is 9.13 Å². The van der Waals surface area contributed by atoms with Gasteiger partial charge in [0.2, 0.25) is 5.52 Å². The first-order chi connectivity index (χ1) is 4.15. The first-order valence-corrected chi connectivity index (χ1v) is 5.30. The minimum atomic E-state index is -5.09. The average Bonchev–Trinajstić information content (AvgIpc) is 1.59. The topological polar surface area (TPSA) is 137 Å². The molecule has 0 aromatic rings. The molecule has 0 aromatic carbocycles. The molecule has 0 spiro atoms. The Bertz CT molecular complexity index is 178. The van der Waals surface area contributed by atoms with Crippen LogP contribution in [0.4, 0.5) is 0 Å². The Morgan fingerprint density at radius 3 is 1.20 bits per heavy atom. The second-order valence-electron chi connectivity index (χ2n) is 1.52. The zero-order chi connectivity index (χ0) is 8.58. The van der Waals surface area contributed by atoms with Crippen molar-refractivity contribution >= 4 is 15.2 Å². The first-order valence-electron chi connectivity index (χ1n) is 1.94. The molecule has 4 N–H and O–H groups in total. The molecule has 0 saturated heterocycles. The Labute approximate surface area is 56.2 Å². The van der Waals surface area contributed by atoms with Gasteiger partial charge >= 0.3 is 15.2 Å². The van der Waals surface area contributed by atoms with E-state index in [9.17, 15) is 9.13 Å². The average molecular weight is 189 g/mol. The minimum Gasteiger partial charge on any atom is -0.323 e. The molecule has 0 rings (SSSR count). The van der Waals surface area contributed by atoms with Crippen molar-refractivity contribution in [3.8, 4) is 0 Å². The van der Waals surface area contributed by atoms with Crippen LogP contribution in [0.5, 0.6) is 0 Å². The summed E-state index contributed by atoms with van der Waals surface area (Å²) in [4.78, 5) is 32.0. The summed E-state index contributed by atoms with van der Waals surface area (Å²) >= 11 is 0. The van der Waals surface area contributed by atoms with Crippen LogP contribution in [0.1, 0.15) is 0 Å². The molecule has 7 nitrogen and oxygen atoms in total. The third kappa shape index (κ3) is 2.90. The van der Waals surface area contributed by atoms with Gasteiger partial charge in [-0.2, -0.15) is 0 Å². The Morgan fingerprint density at radius 1 is 1.00 bits per heavy atom. The van der Waals surface area contributed by atoms with Crippen molar-refractivity contribution in [3.05, 3.63) is 0 Å². The van der Waals surface area contributed by atoms with Crippen LogP contribution in [0.2, 0.25) is 0 Å². The zero-order valence-electron chi connectivity index (χ0n) is 4.52. The van der Waals surface area contributed by atoms with Gasteiger partial charge in [-0.1, -0.05) is 0 Å². The molecule has 2 radical (unpaired) electrons. The number of hydrogen-bond acceptors (Lipinski definition) is 2. The first kappa shape index (κ1) is 10.3. The van der Waals surface area contributed by atoms with Gasteiger partial charge in [-0.3, -0.25) is 9.13 Å². The minimum absolute atomic E-state index is 2.90. The lowest BCUT2D eigenvalue weighted by atomic mass is 11.5. The van der Waals surface area contributed by atoms with Gasteiger partial charge in [0.1, 0.15) is 0 Å². The maximum Gasteiger partial charge on any atom is 0.358 e. The summed E-state index contributed by atoms with van der Waals surface area (Å²) < 4.78 is 19.9. The monoisotopic (exact) mass is 189 g/mol. The maximum atomic E-state index is 9.93. The molecule has 9 heteroatoms. The van der Waals surface area contributed by atoms with Crippen LogP contribution in [-0.4, -0.2) is 25.1 Å². The number of nitrogens with zero attached hydrogens (tertiary/aromatic N) is 1. The molecule has 0 fully saturated rings. The second-order valence-corrected chi connectivity index (χ2v) is 5.27. The lowest BCUT2D eigenvalue weighted by Gasteiger charge is -2.11. The highest BCUT2D eigenvalue weighted by atomic mass is 31.2. The Balaban J connectivity index is 4.56. The van der Waals surface area contributed by atoms with Crippen molar-refractivity contribution < 1.29 is 28.7 Å². The molecule has 0 heterocycles. The molecule has 10 heavy (non-hydrogen) atoms. The fourth-order valence-corrected chi connectivity index (χ4v) is 1.76. The van der Waals surface area contributed by atoms with E-state index in [2.05, 4.69) is 0 Å². The molecule has 0 amide bonds. The number of rotatable bonds is 2. The van der Waals surface area contributed by atoms with Gasteiger partial charge < -0.3 is 19.6 Å².